The van der Waals surface area contributed by atoms with Crippen molar-refractivity contribution in [3.8, 4) is 0 Å². The SMILES string of the molecule is CCCCCC(C)(C)CN1CC(C)NCC1C. The third-order valence-corrected chi connectivity index (χ3v) is 3.98. The molecule has 0 radical (unpaired) electrons. The van der Waals surface area contributed by atoms with Gasteiger partial charge in [0.05, 0.1) is 0 Å². The number of nitrogens with zero attached hydrogens (tertiary/aromatic N) is 1. The zero-order valence-electron chi connectivity index (χ0n) is 12.6. The number of hydrogen-bond acceptors (Lipinski definition) is 2. The van der Waals surface area contributed by atoms with Crippen molar-refractivity contribution in [1.82, 2.24) is 10.2 Å². The summed E-state index contributed by atoms with van der Waals surface area (Å²) in [6.45, 7) is 15.4. The number of piperazine rings is 1. The van der Waals surface area contributed by atoms with E-state index in [0.29, 0.717) is 17.5 Å². The summed E-state index contributed by atoms with van der Waals surface area (Å²) in [5.74, 6) is 0. The van der Waals surface area contributed by atoms with E-state index in [-0.39, 0.29) is 0 Å². The molecule has 0 saturated carbocycles. The zero-order valence-corrected chi connectivity index (χ0v) is 12.6. The molecule has 0 spiro atoms. The Balaban J connectivity index is 2.39. The van der Waals surface area contributed by atoms with Gasteiger partial charge in [0.2, 0.25) is 0 Å². The maximum Gasteiger partial charge on any atom is 0.0193 e. The second-order valence-corrected chi connectivity index (χ2v) is 6.71. The highest BCUT2D eigenvalue weighted by Crippen LogP contribution is 2.26. The fraction of sp³-hybridized carbons (Fsp3) is 1.00. The molecule has 1 aliphatic rings. The van der Waals surface area contributed by atoms with Gasteiger partial charge >= 0.3 is 0 Å². The van der Waals surface area contributed by atoms with Crippen LogP contribution in [0.5, 0.6) is 0 Å². The summed E-state index contributed by atoms with van der Waals surface area (Å²) in [6, 6.07) is 1.34. The van der Waals surface area contributed by atoms with Crippen molar-refractivity contribution in [2.75, 3.05) is 19.6 Å². The van der Waals surface area contributed by atoms with E-state index in [1.807, 2.05) is 0 Å². The van der Waals surface area contributed by atoms with Crippen molar-refractivity contribution in [1.29, 1.82) is 0 Å². The van der Waals surface area contributed by atoms with Crippen LogP contribution in [-0.4, -0.2) is 36.6 Å². The average Bonchev–Trinajstić information content (AvgIpc) is 2.23. The molecule has 1 saturated heterocycles. The van der Waals surface area contributed by atoms with E-state index in [0.717, 1.165) is 6.54 Å². The first kappa shape index (κ1) is 15.0. The molecule has 1 fully saturated rings. The summed E-state index contributed by atoms with van der Waals surface area (Å²) in [5, 5.41) is 3.56. The van der Waals surface area contributed by atoms with E-state index in [9.17, 15) is 0 Å². The van der Waals surface area contributed by atoms with Gasteiger partial charge in [0.25, 0.3) is 0 Å². The van der Waals surface area contributed by atoms with Gasteiger partial charge in [-0.25, -0.2) is 0 Å². The van der Waals surface area contributed by atoms with Crippen LogP contribution >= 0.6 is 0 Å². The predicted octanol–water partition coefficient (Wildman–Crippen LogP) is 3.28. The molecule has 102 valence electrons. The first-order valence-corrected chi connectivity index (χ1v) is 7.42. The molecule has 1 rings (SSSR count). The average molecular weight is 240 g/mol. The Hall–Kier alpha value is -0.0800. The van der Waals surface area contributed by atoms with Crippen LogP contribution in [0.15, 0.2) is 0 Å². The van der Waals surface area contributed by atoms with E-state index in [2.05, 4.69) is 44.8 Å². The minimum Gasteiger partial charge on any atom is -0.311 e. The van der Waals surface area contributed by atoms with Crippen LogP contribution in [-0.2, 0) is 0 Å². The van der Waals surface area contributed by atoms with Crippen LogP contribution in [0.2, 0.25) is 0 Å². The first-order valence-electron chi connectivity index (χ1n) is 7.42. The Kier molecular flexibility index (Phi) is 5.94. The fourth-order valence-corrected chi connectivity index (χ4v) is 2.80. The predicted molar refractivity (Wildman–Crippen MR) is 76.4 cm³/mol. The minimum absolute atomic E-state index is 0.473. The van der Waals surface area contributed by atoms with E-state index in [1.54, 1.807) is 0 Å². The monoisotopic (exact) mass is 240 g/mol. The Labute approximate surface area is 108 Å². The smallest absolute Gasteiger partial charge is 0.0193 e. The molecular weight excluding hydrogens is 208 g/mol. The summed E-state index contributed by atoms with van der Waals surface area (Å²) in [5.41, 5.74) is 0.473. The molecule has 2 unspecified atom stereocenters. The number of rotatable bonds is 6. The van der Waals surface area contributed by atoms with Crippen molar-refractivity contribution in [2.24, 2.45) is 5.41 Å². The maximum atomic E-state index is 3.56. The molecule has 1 aliphatic heterocycles. The standard InChI is InChI=1S/C15H32N2/c1-6-7-8-9-15(4,5)12-17-11-13(2)16-10-14(17)3/h13-14,16H,6-12H2,1-5H3. The Bertz CT molecular complexity index is 213. The van der Waals surface area contributed by atoms with Gasteiger partial charge in [0.1, 0.15) is 0 Å². The van der Waals surface area contributed by atoms with E-state index >= 15 is 0 Å². The summed E-state index contributed by atoms with van der Waals surface area (Å²) < 4.78 is 0. The number of nitrogens with one attached hydrogen (secondary N) is 1. The van der Waals surface area contributed by atoms with Crippen molar-refractivity contribution in [3.05, 3.63) is 0 Å². The van der Waals surface area contributed by atoms with Gasteiger partial charge in [-0.15, -0.1) is 0 Å². The van der Waals surface area contributed by atoms with Crippen LogP contribution in [0.4, 0.5) is 0 Å². The Morgan fingerprint density at radius 2 is 1.94 bits per heavy atom. The lowest BCUT2D eigenvalue weighted by molar-refractivity contribution is 0.0909. The summed E-state index contributed by atoms with van der Waals surface area (Å²) in [6.07, 6.45) is 5.47. The highest BCUT2D eigenvalue weighted by Gasteiger charge is 2.28. The Morgan fingerprint density at radius 3 is 2.59 bits per heavy atom. The maximum absolute atomic E-state index is 3.56. The largest absolute Gasteiger partial charge is 0.311 e. The molecule has 1 heterocycles. The first-order chi connectivity index (χ1) is 7.94. The lowest BCUT2D eigenvalue weighted by Crippen LogP contribution is -2.56. The molecule has 2 heteroatoms. The number of unbranched alkanes of at least 4 members (excludes halogenated alkanes) is 2. The molecule has 0 aromatic carbocycles. The van der Waals surface area contributed by atoms with E-state index in [1.165, 1.54) is 38.8 Å². The molecule has 0 bridgehead atoms. The molecule has 17 heavy (non-hydrogen) atoms. The highest BCUT2D eigenvalue weighted by atomic mass is 15.2. The summed E-state index contributed by atoms with van der Waals surface area (Å²) >= 11 is 0. The molecular formula is C15H32N2. The van der Waals surface area contributed by atoms with Gasteiger partial charge in [-0.05, 0) is 25.7 Å². The molecule has 0 amide bonds. The quantitative estimate of drug-likeness (QED) is 0.717. The van der Waals surface area contributed by atoms with Gasteiger partial charge in [-0.1, -0.05) is 40.0 Å². The van der Waals surface area contributed by atoms with Crippen LogP contribution < -0.4 is 5.32 Å². The van der Waals surface area contributed by atoms with Gasteiger partial charge in [-0.2, -0.15) is 0 Å². The van der Waals surface area contributed by atoms with E-state index < -0.39 is 0 Å². The van der Waals surface area contributed by atoms with Crippen LogP contribution in [0, 0.1) is 5.41 Å². The molecule has 0 aromatic rings. The second kappa shape index (κ2) is 6.75. The van der Waals surface area contributed by atoms with Gasteiger partial charge in [-0.3, -0.25) is 4.90 Å². The normalized spacial score (nSPS) is 27.4. The summed E-state index contributed by atoms with van der Waals surface area (Å²) in [7, 11) is 0. The van der Waals surface area contributed by atoms with Crippen molar-refractivity contribution in [3.63, 3.8) is 0 Å². The molecule has 0 aromatic heterocycles. The molecule has 0 aliphatic carbocycles. The van der Waals surface area contributed by atoms with Crippen molar-refractivity contribution in [2.45, 2.75) is 72.4 Å². The lowest BCUT2D eigenvalue weighted by atomic mass is 9.85. The van der Waals surface area contributed by atoms with Gasteiger partial charge in [0.15, 0.2) is 0 Å². The minimum atomic E-state index is 0.473. The second-order valence-electron chi connectivity index (χ2n) is 6.71. The van der Waals surface area contributed by atoms with Crippen LogP contribution in [0.25, 0.3) is 0 Å². The highest BCUT2D eigenvalue weighted by molar-refractivity contribution is 4.85. The molecule has 2 nitrogen and oxygen atoms in total. The topological polar surface area (TPSA) is 15.3 Å². The Morgan fingerprint density at radius 1 is 1.24 bits per heavy atom. The van der Waals surface area contributed by atoms with Crippen LogP contribution in [0.1, 0.15) is 60.3 Å². The third-order valence-electron chi connectivity index (χ3n) is 3.98. The number of hydrogen-bond donors (Lipinski definition) is 1. The van der Waals surface area contributed by atoms with Gasteiger partial charge in [0, 0.05) is 31.7 Å². The van der Waals surface area contributed by atoms with Crippen molar-refractivity contribution < 1.29 is 0 Å². The van der Waals surface area contributed by atoms with E-state index in [4.69, 9.17) is 0 Å². The molecule has 1 N–H and O–H groups in total. The third kappa shape index (κ3) is 5.39. The zero-order chi connectivity index (χ0) is 12.9. The molecule has 2 atom stereocenters. The van der Waals surface area contributed by atoms with Crippen LogP contribution in [0.3, 0.4) is 0 Å². The lowest BCUT2D eigenvalue weighted by Gasteiger charge is -2.42. The van der Waals surface area contributed by atoms with Gasteiger partial charge < -0.3 is 5.32 Å². The van der Waals surface area contributed by atoms with Crippen molar-refractivity contribution >= 4 is 0 Å². The fourth-order valence-electron chi connectivity index (χ4n) is 2.80. The summed E-state index contributed by atoms with van der Waals surface area (Å²) in [4.78, 5) is 2.67.